The number of phenols is 1. The van der Waals surface area contributed by atoms with Crippen LogP contribution in [0.5, 0.6) is 11.5 Å². The fraction of sp³-hybridized carbons (Fsp3) is 0.143. The van der Waals surface area contributed by atoms with E-state index in [1.165, 1.54) is 0 Å². The van der Waals surface area contributed by atoms with Crippen molar-refractivity contribution in [2.24, 2.45) is 0 Å². The molecule has 0 spiro atoms. The van der Waals surface area contributed by atoms with Crippen LogP contribution in [0.25, 0.3) is 0 Å². The van der Waals surface area contributed by atoms with Crippen molar-refractivity contribution in [2.75, 3.05) is 18.2 Å². The van der Waals surface area contributed by atoms with Gasteiger partial charge in [0, 0.05) is 12.2 Å². The maximum atomic E-state index is 9.20. The summed E-state index contributed by atoms with van der Waals surface area (Å²) < 4.78 is 5.25. The van der Waals surface area contributed by atoms with Gasteiger partial charge in [0.1, 0.15) is 11.5 Å². The van der Waals surface area contributed by atoms with E-state index in [0.29, 0.717) is 12.2 Å². The first kappa shape index (κ1) is 12.1. The predicted molar refractivity (Wildman–Crippen MR) is 72.8 cm³/mol. The molecule has 0 heterocycles. The van der Waals surface area contributed by atoms with Gasteiger partial charge in [0.15, 0.2) is 0 Å². The van der Waals surface area contributed by atoms with E-state index in [1.54, 1.807) is 25.3 Å². The van der Waals surface area contributed by atoms with Crippen LogP contribution in [0, 0.1) is 0 Å². The minimum atomic E-state index is 0.264. The average Bonchev–Trinajstić information content (AvgIpc) is 2.38. The van der Waals surface area contributed by atoms with E-state index in [1.807, 2.05) is 24.3 Å². The summed E-state index contributed by atoms with van der Waals surface area (Å²) in [6, 6.07) is 12.5. The van der Waals surface area contributed by atoms with Crippen LogP contribution in [0.15, 0.2) is 42.5 Å². The zero-order chi connectivity index (χ0) is 13.0. The Labute approximate surface area is 106 Å². The highest BCUT2D eigenvalue weighted by Gasteiger charge is 2.03. The lowest BCUT2D eigenvalue weighted by Gasteiger charge is -2.12. The van der Waals surface area contributed by atoms with Gasteiger partial charge in [-0.15, -0.1) is 0 Å². The molecule has 2 rings (SSSR count). The van der Waals surface area contributed by atoms with Gasteiger partial charge < -0.3 is 20.9 Å². The first-order valence-electron chi connectivity index (χ1n) is 5.64. The summed E-state index contributed by atoms with van der Waals surface area (Å²) in [4.78, 5) is 0. The van der Waals surface area contributed by atoms with Gasteiger partial charge in [0.2, 0.25) is 0 Å². The molecule has 0 unspecified atom stereocenters. The van der Waals surface area contributed by atoms with Gasteiger partial charge in [-0.2, -0.15) is 0 Å². The number of benzene rings is 2. The van der Waals surface area contributed by atoms with Crippen LogP contribution in [0.1, 0.15) is 5.56 Å². The molecule has 0 aliphatic heterocycles. The van der Waals surface area contributed by atoms with Gasteiger partial charge in [-0.05, 0) is 35.9 Å². The smallest absolute Gasteiger partial charge is 0.142 e. The number of hydrogen-bond acceptors (Lipinski definition) is 4. The Morgan fingerprint density at radius 3 is 2.56 bits per heavy atom. The van der Waals surface area contributed by atoms with Gasteiger partial charge in [-0.3, -0.25) is 0 Å². The number of methoxy groups -OCH3 is 1. The van der Waals surface area contributed by atoms with Crippen molar-refractivity contribution in [1.82, 2.24) is 0 Å². The summed E-state index contributed by atoms with van der Waals surface area (Å²) >= 11 is 0. The molecule has 2 aromatic rings. The molecule has 0 amide bonds. The third kappa shape index (κ3) is 2.85. The summed E-state index contributed by atoms with van der Waals surface area (Å²) in [5.74, 6) is 1.02. The third-order valence-corrected chi connectivity index (χ3v) is 2.64. The van der Waals surface area contributed by atoms with Crippen molar-refractivity contribution >= 4 is 11.4 Å². The number of nitrogen functional groups attached to an aromatic ring is 1. The zero-order valence-corrected chi connectivity index (χ0v) is 10.2. The number of nitrogens with one attached hydrogen (secondary N) is 1. The number of rotatable bonds is 4. The van der Waals surface area contributed by atoms with E-state index in [2.05, 4.69) is 5.32 Å². The number of phenolic OH excluding ortho intramolecular Hbond substituents is 1. The summed E-state index contributed by atoms with van der Waals surface area (Å²) in [5.41, 5.74) is 8.35. The molecule has 0 aromatic heterocycles. The van der Waals surface area contributed by atoms with E-state index >= 15 is 0 Å². The van der Waals surface area contributed by atoms with Crippen LogP contribution in [-0.2, 0) is 6.54 Å². The SMILES string of the molecule is COc1ccc(N)cc1NCc1ccc(O)cc1. The monoisotopic (exact) mass is 244 g/mol. The lowest BCUT2D eigenvalue weighted by Crippen LogP contribution is -2.02. The molecule has 18 heavy (non-hydrogen) atoms. The van der Waals surface area contributed by atoms with Crippen LogP contribution in [-0.4, -0.2) is 12.2 Å². The number of ether oxygens (including phenoxy) is 1. The molecule has 0 atom stereocenters. The van der Waals surface area contributed by atoms with Crippen LogP contribution in [0.3, 0.4) is 0 Å². The molecule has 94 valence electrons. The maximum Gasteiger partial charge on any atom is 0.142 e. The standard InChI is InChI=1S/C14H16N2O2/c1-18-14-7-4-11(15)8-13(14)16-9-10-2-5-12(17)6-3-10/h2-8,16-17H,9,15H2,1H3. The molecule has 0 radical (unpaired) electrons. The van der Waals surface area contributed by atoms with Crippen LogP contribution in [0.4, 0.5) is 11.4 Å². The van der Waals surface area contributed by atoms with Crippen molar-refractivity contribution in [3.05, 3.63) is 48.0 Å². The number of nitrogens with two attached hydrogens (primary N) is 1. The quantitative estimate of drug-likeness (QED) is 0.723. The topological polar surface area (TPSA) is 67.5 Å². The Balaban J connectivity index is 2.09. The molecular weight excluding hydrogens is 228 g/mol. The molecular formula is C14H16N2O2. The van der Waals surface area contributed by atoms with Crippen LogP contribution < -0.4 is 15.8 Å². The molecule has 2 aromatic carbocycles. The molecule has 4 heteroatoms. The van der Waals surface area contributed by atoms with E-state index in [-0.39, 0.29) is 5.75 Å². The highest BCUT2D eigenvalue weighted by atomic mass is 16.5. The molecule has 0 saturated carbocycles. The van der Waals surface area contributed by atoms with Crippen molar-refractivity contribution in [3.63, 3.8) is 0 Å². The number of aromatic hydroxyl groups is 1. The average molecular weight is 244 g/mol. The summed E-state index contributed by atoms with van der Waals surface area (Å²) in [6.07, 6.45) is 0. The fourth-order valence-electron chi connectivity index (χ4n) is 1.67. The molecule has 4 N–H and O–H groups in total. The summed E-state index contributed by atoms with van der Waals surface area (Å²) in [7, 11) is 1.62. The van der Waals surface area contributed by atoms with E-state index < -0.39 is 0 Å². The van der Waals surface area contributed by atoms with Gasteiger partial charge in [-0.1, -0.05) is 12.1 Å². The second kappa shape index (κ2) is 5.31. The van der Waals surface area contributed by atoms with Crippen molar-refractivity contribution in [1.29, 1.82) is 0 Å². The Hall–Kier alpha value is -2.36. The molecule has 4 nitrogen and oxygen atoms in total. The largest absolute Gasteiger partial charge is 0.508 e. The fourth-order valence-corrected chi connectivity index (χ4v) is 1.67. The second-order valence-corrected chi connectivity index (χ2v) is 3.98. The van der Waals surface area contributed by atoms with Crippen molar-refractivity contribution in [3.8, 4) is 11.5 Å². The Morgan fingerprint density at radius 1 is 1.17 bits per heavy atom. The predicted octanol–water partition coefficient (Wildman–Crippen LogP) is 2.60. The molecule has 0 aliphatic carbocycles. The molecule has 0 saturated heterocycles. The maximum absolute atomic E-state index is 9.20. The van der Waals surface area contributed by atoms with Gasteiger partial charge in [0.25, 0.3) is 0 Å². The molecule has 0 bridgehead atoms. The highest BCUT2D eigenvalue weighted by molar-refractivity contribution is 5.63. The highest BCUT2D eigenvalue weighted by Crippen LogP contribution is 2.27. The first-order valence-corrected chi connectivity index (χ1v) is 5.64. The van der Waals surface area contributed by atoms with Crippen molar-refractivity contribution in [2.45, 2.75) is 6.54 Å². The summed E-state index contributed by atoms with van der Waals surface area (Å²) in [5, 5.41) is 12.5. The lowest BCUT2D eigenvalue weighted by atomic mass is 10.2. The van der Waals surface area contributed by atoms with E-state index in [9.17, 15) is 5.11 Å². The second-order valence-electron chi connectivity index (χ2n) is 3.98. The van der Waals surface area contributed by atoms with Gasteiger partial charge in [-0.25, -0.2) is 0 Å². The van der Waals surface area contributed by atoms with E-state index in [4.69, 9.17) is 10.5 Å². The summed E-state index contributed by atoms with van der Waals surface area (Å²) in [6.45, 7) is 0.639. The zero-order valence-electron chi connectivity index (χ0n) is 10.2. The minimum Gasteiger partial charge on any atom is -0.508 e. The molecule has 0 fully saturated rings. The van der Waals surface area contributed by atoms with E-state index in [0.717, 1.165) is 17.0 Å². The first-order chi connectivity index (χ1) is 8.69. The lowest BCUT2D eigenvalue weighted by molar-refractivity contribution is 0.416. The van der Waals surface area contributed by atoms with Crippen molar-refractivity contribution < 1.29 is 9.84 Å². The number of hydrogen-bond donors (Lipinski definition) is 3. The Bertz CT molecular complexity index is 524. The third-order valence-electron chi connectivity index (χ3n) is 2.64. The number of anilines is 2. The van der Waals surface area contributed by atoms with Gasteiger partial charge in [0.05, 0.1) is 12.8 Å². The van der Waals surface area contributed by atoms with Crippen LogP contribution >= 0.6 is 0 Å². The minimum absolute atomic E-state index is 0.264. The Kier molecular flexibility index (Phi) is 3.57. The normalized spacial score (nSPS) is 10.1. The van der Waals surface area contributed by atoms with Crippen LogP contribution in [0.2, 0.25) is 0 Å². The Morgan fingerprint density at radius 2 is 1.89 bits per heavy atom. The molecule has 0 aliphatic rings. The van der Waals surface area contributed by atoms with Gasteiger partial charge >= 0.3 is 0 Å².